The maximum Gasteiger partial charge on any atom is 0.303 e. The molecule has 0 heterocycles. The van der Waals surface area contributed by atoms with E-state index in [4.69, 9.17) is 9.47 Å². The fourth-order valence-electron chi connectivity index (χ4n) is 8.73. The van der Waals surface area contributed by atoms with Gasteiger partial charge in [0.25, 0.3) is 0 Å². The summed E-state index contributed by atoms with van der Waals surface area (Å²) in [5.74, 6) is 2.95. The molecular formula is C28H40O4. The Hall–Kier alpha value is -1.58. The maximum atomic E-state index is 12.8. The van der Waals surface area contributed by atoms with Crippen LogP contribution in [0.4, 0.5) is 0 Å². The van der Waals surface area contributed by atoms with Crippen LogP contribution in [0, 0.1) is 34.5 Å². The van der Waals surface area contributed by atoms with Gasteiger partial charge >= 0.3 is 5.97 Å². The quantitative estimate of drug-likeness (QED) is 0.299. The molecule has 176 valence electrons. The first-order chi connectivity index (χ1) is 15.2. The number of hydrogen-bond donors (Lipinski definition) is 0. The Morgan fingerprint density at radius 1 is 1.12 bits per heavy atom. The average molecular weight is 441 g/mol. The van der Waals surface area contributed by atoms with Gasteiger partial charge in [-0.25, -0.2) is 0 Å². The second-order valence-corrected chi connectivity index (χ2v) is 11.9. The van der Waals surface area contributed by atoms with Crippen molar-refractivity contribution in [3.63, 3.8) is 0 Å². The molecule has 5 aliphatic rings. The number of ether oxygens (including phenoxy) is 2. The van der Waals surface area contributed by atoms with Crippen LogP contribution in [-0.4, -0.2) is 24.0 Å². The summed E-state index contributed by atoms with van der Waals surface area (Å²) >= 11 is 0. The molecule has 4 heteroatoms. The minimum Gasteiger partial charge on any atom is -0.491 e. The van der Waals surface area contributed by atoms with Gasteiger partial charge in [0, 0.05) is 18.8 Å². The zero-order valence-electron chi connectivity index (χ0n) is 20.3. The van der Waals surface area contributed by atoms with Gasteiger partial charge in [-0.3, -0.25) is 4.79 Å². The number of carbonyl (C=O) groups is 2. The van der Waals surface area contributed by atoms with Crippen LogP contribution in [0.1, 0.15) is 91.9 Å². The number of hydrogen-bond acceptors (Lipinski definition) is 4. The van der Waals surface area contributed by atoms with Gasteiger partial charge in [-0.05, 0) is 101 Å². The largest absolute Gasteiger partial charge is 0.491 e. The van der Waals surface area contributed by atoms with Gasteiger partial charge in [0.05, 0.1) is 11.2 Å². The number of aldehydes is 1. The number of allylic oxidation sites excluding steroid dienone is 3. The topological polar surface area (TPSA) is 52.6 Å². The molecule has 0 aliphatic heterocycles. The minimum atomic E-state index is -0.390. The lowest BCUT2D eigenvalue weighted by Gasteiger charge is -2.60. The van der Waals surface area contributed by atoms with E-state index in [1.165, 1.54) is 25.2 Å². The predicted octanol–water partition coefficient (Wildman–Crippen LogP) is 6.15. The summed E-state index contributed by atoms with van der Waals surface area (Å²) in [4.78, 5) is 24.7. The molecule has 32 heavy (non-hydrogen) atoms. The molecule has 3 unspecified atom stereocenters. The number of carbonyl (C=O) groups excluding carboxylic acids is 2. The molecule has 0 radical (unpaired) electrons. The van der Waals surface area contributed by atoms with Gasteiger partial charge in [0.15, 0.2) is 0 Å². The first-order valence-electron chi connectivity index (χ1n) is 13.0. The Kier molecular flexibility index (Phi) is 5.37. The van der Waals surface area contributed by atoms with Gasteiger partial charge in [0.2, 0.25) is 0 Å². The zero-order chi connectivity index (χ0) is 22.7. The van der Waals surface area contributed by atoms with Gasteiger partial charge in [-0.15, -0.1) is 0 Å². The first-order valence-corrected chi connectivity index (χ1v) is 13.0. The third-order valence-electron chi connectivity index (χ3n) is 10.4. The Balaban J connectivity index is 1.44. The molecular weight excluding hydrogens is 400 g/mol. The van der Waals surface area contributed by atoms with Gasteiger partial charge in [0.1, 0.15) is 18.0 Å². The molecule has 4 nitrogen and oxygen atoms in total. The molecule has 0 aromatic carbocycles. The van der Waals surface area contributed by atoms with Crippen LogP contribution in [0.5, 0.6) is 0 Å². The summed E-state index contributed by atoms with van der Waals surface area (Å²) in [6.07, 6.45) is 16.3. The van der Waals surface area contributed by atoms with Crippen molar-refractivity contribution in [1.29, 1.82) is 0 Å². The normalized spacial score (nSPS) is 47.4. The van der Waals surface area contributed by atoms with E-state index in [-0.39, 0.29) is 28.5 Å². The summed E-state index contributed by atoms with van der Waals surface area (Å²) in [5, 5.41) is 0. The van der Waals surface area contributed by atoms with Gasteiger partial charge in [-0.1, -0.05) is 19.4 Å². The van der Waals surface area contributed by atoms with E-state index in [0.29, 0.717) is 23.7 Å². The van der Waals surface area contributed by atoms with Crippen LogP contribution in [0.3, 0.4) is 0 Å². The SMILES string of the molecule is CC(=O)OC1(C)CC[C@H]2[C@@H]3C(C)CC4=CC(OC5=CCCC5)CC[C@]4(C=O)[C@@H]3CC[C@@]21C. The van der Waals surface area contributed by atoms with Crippen molar-refractivity contribution in [3.8, 4) is 0 Å². The molecule has 3 saturated carbocycles. The van der Waals surface area contributed by atoms with Crippen LogP contribution in [0.15, 0.2) is 23.5 Å². The molecule has 5 rings (SSSR count). The lowest BCUT2D eigenvalue weighted by molar-refractivity contribution is -0.180. The molecule has 0 spiro atoms. The van der Waals surface area contributed by atoms with Crippen molar-refractivity contribution in [1.82, 2.24) is 0 Å². The third-order valence-corrected chi connectivity index (χ3v) is 10.4. The summed E-state index contributed by atoms with van der Waals surface area (Å²) in [6, 6.07) is 0. The van der Waals surface area contributed by atoms with Crippen LogP contribution in [0.25, 0.3) is 0 Å². The smallest absolute Gasteiger partial charge is 0.303 e. The summed E-state index contributed by atoms with van der Waals surface area (Å²) < 4.78 is 12.3. The van der Waals surface area contributed by atoms with Crippen LogP contribution in [0.2, 0.25) is 0 Å². The standard InChI is InChI=1S/C28H40O4/c1-18-15-20-16-22(31-21-7-5-6-8-21)9-14-28(20,17-29)24-10-12-26(3)23(25(18)24)11-13-27(26,4)32-19(2)30/h7,16-18,22-25H,5-6,8-15H2,1-4H3/t18?,22?,23-,24+,25-,26-,27?,28+/m0/s1. The predicted molar refractivity (Wildman–Crippen MR) is 124 cm³/mol. The van der Waals surface area contributed by atoms with Crippen LogP contribution >= 0.6 is 0 Å². The molecule has 3 fully saturated rings. The first kappa shape index (κ1) is 22.2. The number of esters is 1. The van der Waals surface area contributed by atoms with Crippen LogP contribution < -0.4 is 0 Å². The highest BCUT2D eigenvalue weighted by Crippen LogP contribution is 2.69. The van der Waals surface area contributed by atoms with E-state index in [2.05, 4.69) is 32.9 Å². The molecule has 0 N–H and O–H groups in total. The minimum absolute atomic E-state index is 0.00531. The fraction of sp³-hybridized carbons (Fsp3) is 0.786. The van der Waals surface area contributed by atoms with Crippen molar-refractivity contribution in [2.24, 2.45) is 34.5 Å². The lowest BCUT2D eigenvalue weighted by Crippen LogP contribution is -2.58. The second kappa shape index (κ2) is 7.74. The van der Waals surface area contributed by atoms with E-state index >= 15 is 0 Å². The lowest BCUT2D eigenvalue weighted by atomic mass is 9.44. The zero-order valence-corrected chi connectivity index (χ0v) is 20.3. The highest BCUT2D eigenvalue weighted by Gasteiger charge is 2.66. The second-order valence-electron chi connectivity index (χ2n) is 11.9. The molecule has 5 aliphatic carbocycles. The van der Waals surface area contributed by atoms with E-state index in [1.807, 2.05) is 0 Å². The maximum absolute atomic E-state index is 12.8. The summed E-state index contributed by atoms with van der Waals surface area (Å²) in [5.41, 5.74) is 0.636. The Morgan fingerprint density at radius 3 is 2.59 bits per heavy atom. The molecule has 0 bridgehead atoms. The van der Waals surface area contributed by atoms with E-state index in [9.17, 15) is 9.59 Å². The fourth-order valence-corrected chi connectivity index (χ4v) is 8.73. The Labute approximate surface area is 193 Å². The molecule has 0 amide bonds. The van der Waals surface area contributed by atoms with Gasteiger partial charge < -0.3 is 14.3 Å². The van der Waals surface area contributed by atoms with Crippen molar-refractivity contribution in [2.75, 3.05) is 0 Å². The molecule has 0 aromatic rings. The van der Waals surface area contributed by atoms with Gasteiger partial charge in [-0.2, -0.15) is 0 Å². The van der Waals surface area contributed by atoms with Crippen molar-refractivity contribution >= 4 is 12.3 Å². The van der Waals surface area contributed by atoms with Crippen molar-refractivity contribution in [3.05, 3.63) is 23.5 Å². The molecule has 0 aromatic heterocycles. The Morgan fingerprint density at radius 2 is 1.91 bits per heavy atom. The highest BCUT2D eigenvalue weighted by atomic mass is 16.6. The molecule has 0 saturated heterocycles. The highest BCUT2D eigenvalue weighted by molar-refractivity contribution is 5.68. The van der Waals surface area contributed by atoms with E-state index in [1.54, 1.807) is 0 Å². The van der Waals surface area contributed by atoms with Crippen molar-refractivity contribution < 1.29 is 19.1 Å². The summed E-state index contributed by atoms with van der Waals surface area (Å²) in [7, 11) is 0. The number of rotatable bonds is 4. The van der Waals surface area contributed by atoms with Crippen molar-refractivity contribution in [2.45, 2.75) is 104 Å². The monoisotopic (exact) mass is 440 g/mol. The van der Waals surface area contributed by atoms with E-state index < -0.39 is 0 Å². The average Bonchev–Trinajstić information content (AvgIpc) is 3.34. The third kappa shape index (κ3) is 3.15. The van der Waals surface area contributed by atoms with Crippen LogP contribution in [-0.2, 0) is 19.1 Å². The summed E-state index contributed by atoms with van der Waals surface area (Å²) in [6.45, 7) is 8.45. The molecule has 8 atom stereocenters. The van der Waals surface area contributed by atoms with E-state index in [0.717, 1.165) is 63.5 Å². The Bertz CT molecular complexity index is 857. The number of fused-ring (bicyclic) bond motifs is 5.